The molecule has 0 unspecified atom stereocenters. The fourth-order valence-electron chi connectivity index (χ4n) is 2.22. The Bertz CT molecular complexity index is 835. The van der Waals surface area contributed by atoms with Gasteiger partial charge in [-0.25, -0.2) is 13.6 Å². The summed E-state index contributed by atoms with van der Waals surface area (Å²) in [6.07, 6.45) is -5.05. The molecular weight excluding hydrogens is 361 g/mol. The van der Waals surface area contributed by atoms with Crippen molar-refractivity contribution in [1.29, 1.82) is 0 Å². The number of amides is 1. The number of halogens is 5. The van der Waals surface area contributed by atoms with Crippen LogP contribution in [0.2, 0.25) is 0 Å². The molecule has 0 saturated carbocycles. The third-order valence-corrected chi connectivity index (χ3v) is 3.47. The summed E-state index contributed by atoms with van der Waals surface area (Å²) in [4.78, 5) is 23.3. The highest BCUT2D eigenvalue weighted by molar-refractivity contribution is 5.96. The first-order valence-electron chi connectivity index (χ1n) is 7.23. The minimum absolute atomic E-state index is 0.0205. The van der Waals surface area contributed by atoms with Crippen molar-refractivity contribution in [2.45, 2.75) is 18.6 Å². The highest BCUT2D eigenvalue weighted by Crippen LogP contribution is 2.29. The van der Waals surface area contributed by atoms with Crippen molar-refractivity contribution in [3.05, 3.63) is 70.8 Å². The molecule has 2 N–H and O–H groups in total. The maximum atomic E-state index is 13.6. The van der Waals surface area contributed by atoms with Gasteiger partial charge in [0.05, 0.1) is 11.1 Å². The molecule has 2 aromatic carbocycles. The van der Waals surface area contributed by atoms with E-state index in [0.717, 1.165) is 30.3 Å². The number of carboxylic acids is 1. The monoisotopic (exact) mass is 373 g/mol. The van der Waals surface area contributed by atoms with Gasteiger partial charge in [0.15, 0.2) is 0 Å². The van der Waals surface area contributed by atoms with E-state index in [0.29, 0.717) is 6.07 Å². The Hall–Kier alpha value is -2.97. The molecule has 0 bridgehead atoms. The van der Waals surface area contributed by atoms with Crippen LogP contribution in [-0.2, 0) is 17.4 Å². The fraction of sp³-hybridized carbons (Fsp3) is 0.176. The smallest absolute Gasteiger partial charge is 0.416 e. The maximum absolute atomic E-state index is 13.6. The van der Waals surface area contributed by atoms with Crippen molar-refractivity contribution in [3.8, 4) is 0 Å². The van der Waals surface area contributed by atoms with E-state index in [1.54, 1.807) is 0 Å². The van der Waals surface area contributed by atoms with Crippen LogP contribution in [0.25, 0.3) is 0 Å². The number of carbonyl (C=O) groups is 2. The Balaban J connectivity index is 2.19. The Morgan fingerprint density at radius 2 is 1.77 bits per heavy atom. The number of aliphatic carboxylic acids is 1. The van der Waals surface area contributed by atoms with Gasteiger partial charge in [0.25, 0.3) is 5.91 Å². The fourth-order valence-corrected chi connectivity index (χ4v) is 2.22. The largest absolute Gasteiger partial charge is 0.480 e. The SMILES string of the molecule is O=C(N[C@@H](Cc1cccc(C(F)(F)F)c1)C(=O)O)c1ccc(F)cc1F. The summed E-state index contributed by atoms with van der Waals surface area (Å²) in [5, 5.41) is 11.2. The Kier molecular flexibility index (Phi) is 5.59. The van der Waals surface area contributed by atoms with Gasteiger partial charge < -0.3 is 10.4 Å². The standard InChI is InChI=1S/C17H12F5NO3/c18-11-4-5-12(13(19)8-11)15(24)23-14(16(25)26)7-9-2-1-3-10(6-9)17(20,21)22/h1-6,8,14H,7H2,(H,23,24)(H,25,26)/t14-/m0/s1. The van der Waals surface area contributed by atoms with Gasteiger partial charge in [0, 0.05) is 12.5 Å². The topological polar surface area (TPSA) is 66.4 Å². The van der Waals surface area contributed by atoms with Crippen LogP contribution in [0.4, 0.5) is 22.0 Å². The normalized spacial score (nSPS) is 12.5. The van der Waals surface area contributed by atoms with Crippen LogP contribution in [0.1, 0.15) is 21.5 Å². The van der Waals surface area contributed by atoms with Gasteiger partial charge in [-0.1, -0.05) is 18.2 Å². The predicted molar refractivity (Wildman–Crippen MR) is 80.4 cm³/mol. The minimum atomic E-state index is -4.60. The summed E-state index contributed by atoms with van der Waals surface area (Å²) in [5.74, 6) is -4.75. The zero-order valence-electron chi connectivity index (χ0n) is 13.0. The second-order valence-corrected chi connectivity index (χ2v) is 5.39. The van der Waals surface area contributed by atoms with E-state index in [9.17, 15) is 36.6 Å². The average molecular weight is 373 g/mol. The first kappa shape index (κ1) is 19.4. The molecule has 1 atom stereocenters. The summed E-state index contributed by atoms with van der Waals surface area (Å²) in [5.41, 5.74) is -1.52. The van der Waals surface area contributed by atoms with Gasteiger partial charge in [0.2, 0.25) is 0 Å². The van der Waals surface area contributed by atoms with Crippen LogP contribution in [0.3, 0.4) is 0 Å². The molecule has 26 heavy (non-hydrogen) atoms. The molecule has 4 nitrogen and oxygen atoms in total. The number of benzene rings is 2. The molecule has 0 fully saturated rings. The molecule has 138 valence electrons. The molecule has 0 heterocycles. The third kappa shape index (κ3) is 4.78. The summed E-state index contributed by atoms with van der Waals surface area (Å²) in [6, 6.07) is 4.48. The number of rotatable bonds is 5. The summed E-state index contributed by atoms with van der Waals surface area (Å²) in [7, 11) is 0. The lowest BCUT2D eigenvalue weighted by atomic mass is 10.0. The van der Waals surface area contributed by atoms with Gasteiger partial charge >= 0.3 is 12.1 Å². The molecule has 2 aromatic rings. The van der Waals surface area contributed by atoms with Crippen LogP contribution in [0.5, 0.6) is 0 Å². The van der Waals surface area contributed by atoms with Gasteiger partial charge in [-0.05, 0) is 23.8 Å². The van der Waals surface area contributed by atoms with Crippen molar-refractivity contribution in [3.63, 3.8) is 0 Å². The van der Waals surface area contributed by atoms with E-state index >= 15 is 0 Å². The number of hydrogen-bond acceptors (Lipinski definition) is 2. The van der Waals surface area contributed by atoms with Crippen LogP contribution in [0, 0.1) is 11.6 Å². The zero-order valence-corrected chi connectivity index (χ0v) is 13.0. The summed E-state index contributed by atoms with van der Waals surface area (Å²) >= 11 is 0. The molecular formula is C17H12F5NO3. The highest BCUT2D eigenvalue weighted by Gasteiger charge is 2.31. The molecule has 0 aliphatic rings. The van der Waals surface area contributed by atoms with Crippen molar-refractivity contribution < 1.29 is 36.6 Å². The summed E-state index contributed by atoms with van der Waals surface area (Å²) < 4.78 is 64.6. The Labute approximate surface area is 144 Å². The number of nitrogens with one attached hydrogen (secondary N) is 1. The van der Waals surface area contributed by atoms with Gasteiger partial charge in [-0.2, -0.15) is 13.2 Å². The first-order chi connectivity index (χ1) is 12.1. The Morgan fingerprint density at radius 1 is 1.08 bits per heavy atom. The number of carbonyl (C=O) groups excluding carboxylic acids is 1. The summed E-state index contributed by atoms with van der Waals surface area (Å²) in [6.45, 7) is 0. The molecule has 0 aliphatic heterocycles. The maximum Gasteiger partial charge on any atom is 0.416 e. The lowest BCUT2D eigenvalue weighted by Crippen LogP contribution is -2.42. The number of hydrogen-bond donors (Lipinski definition) is 2. The first-order valence-corrected chi connectivity index (χ1v) is 7.23. The van der Waals surface area contributed by atoms with E-state index < -0.39 is 53.3 Å². The van der Waals surface area contributed by atoms with Crippen molar-refractivity contribution in [2.24, 2.45) is 0 Å². The van der Waals surface area contributed by atoms with Crippen LogP contribution in [0.15, 0.2) is 42.5 Å². The molecule has 2 rings (SSSR count). The lowest BCUT2D eigenvalue weighted by Gasteiger charge is -2.16. The van der Waals surface area contributed by atoms with E-state index in [1.807, 2.05) is 5.32 Å². The van der Waals surface area contributed by atoms with Gasteiger partial charge in [-0.15, -0.1) is 0 Å². The second-order valence-electron chi connectivity index (χ2n) is 5.39. The quantitative estimate of drug-likeness (QED) is 0.790. The minimum Gasteiger partial charge on any atom is -0.480 e. The third-order valence-electron chi connectivity index (χ3n) is 3.47. The van der Waals surface area contributed by atoms with Gasteiger partial charge in [-0.3, -0.25) is 4.79 Å². The van der Waals surface area contributed by atoms with E-state index in [4.69, 9.17) is 0 Å². The molecule has 0 aliphatic carbocycles. The van der Waals surface area contributed by atoms with Crippen molar-refractivity contribution >= 4 is 11.9 Å². The second kappa shape index (κ2) is 7.51. The highest BCUT2D eigenvalue weighted by atomic mass is 19.4. The lowest BCUT2D eigenvalue weighted by molar-refractivity contribution is -0.139. The molecule has 0 radical (unpaired) electrons. The Morgan fingerprint density at radius 3 is 2.35 bits per heavy atom. The zero-order chi connectivity index (χ0) is 19.5. The average Bonchev–Trinajstić information content (AvgIpc) is 2.53. The number of carboxylic acid groups (broad SMARTS) is 1. The van der Waals surface area contributed by atoms with Crippen LogP contribution in [-0.4, -0.2) is 23.0 Å². The molecule has 0 spiro atoms. The predicted octanol–water partition coefficient (Wildman–Crippen LogP) is 3.41. The molecule has 9 heteroatoms. The van der Waals surface area contributed by atoms with Crippen LogP contribution < -0.4 is 5.32 Å². The number of alkyl halides is 3. The van der Waals surface area contributed by atoms with Crippen molar-refractivity contribution in [2.75, 3.05) is 0 Å². The van der Waals surface area contributed by atoms with Crippen molar-refractivity contribution in [1.82, 2.24) is 5.32 Å². The van der Waals surface area contributed by atoms with E-state index in [2.05, 4.69) is 0 Å². The van der Waals surface area contributed by atoms with E-state index in [1.165, 1.54) is 6.07 Å². The van der Waals surface area contributed by atoms with E-state index in [-0.39, 0.29) is 5.56 Å². The molecule has 0 aromatic heterocycles. The molecule has 0 saturated heterocycles. The molecule has 1 amide bonds. The van der Waals surface area contributed by atoms with Gasteiger partial charge in [0.1, 0.15) is 17.7 Å². The van der Waals surface area contributed by atoms with Crippen LogP contribution >= 0.6 is 0 Å².